The molecule has 0 saturated heterocycles. The second-order valence-corrected chi connectivity index (χ2v) is 7.47. The molecule has 21 heavy (non-hydrogen) atoms. The first-order chi connectivity index (χ1) is 9.97. The Hall–Kier alpha value is -0.710. The van der Waals surface area contributed by atoms with Crippen LogP contribution in [0.2, 0.25) is 5.02 Å². The summed E-state index contributed by atoms with van der Waals surface area (Å²) >= 11 is 7.96. The second-order valence-electron chi connectivity index (χ2n) is 5.90. The molecule has 1 aromatic carbocycles. The average molecular weight is 327 g/mol. The number of fused-ring (bicyclic) bond motifs is 1. The van der Waals surface area contributed by atoms with Crippen molar-refractivity contribution in [1.29, 1.82) is 0 Å². The van der Waals surface area contributed by atoms with Gasteiger partial charge in [-0.1, -0.05) is 25.4 Å². The molecule has 0 aliphatic carbocycles. The van der Waals surface area contributed by atoms with Crippen molar-refractivity contribution in [1.82, 2.24) is 10.6 Å². The van der Waals surface area contributed by atoms with Gasteiger partial charge in [-0.2, -0.15) is 0 Å². The number of carbonyl (C=O) groups is 1. The molecule has 1 aromatic rings. The Labute approximate surface area is 136 Å². The molecule has 2 N–H and O–H groups in total. The molecule has 2 atom stereocenters. The maximum Gasteiger partial charge on any atom is 0.236 e. The van der Waals surface area contributed by atoms with E-state index in [1.807, 2.05) is 30.8 Å². The van der Waals surface area contributed by atoms with E-state index >= 15 is 0 Å². The minimum Gasteiger partial charge on any atom is -0.354 e. The van der Waals surface area contributed by atoms with Gasteiger partial charge in [-0.3, -0.25) is 10.1 Å². The summed E-state index contributed by atoms with van der Waals surface area (Å²) in [5.74, 6) is 1.59. The fraction of sp³-hybridized carbons (Fsp3) is 0.562. The SMILES string of the molecule is CC(C)CNC(=O)C(C)NC1CCSc2ccc(Cl)cc21. The molecule has 1 aliphatic rings. The molecular formula is C16H23ClN2OS. The van der Waals surface area contributed by atoms with Crippen molar-refractivity contribution < 1.29 is 4.79 Å². The maximum atomic E-state index is 12.1. The van der Waals surface area contributed by atoms with Gasteiger partial charge in [0.1, 0.15) is 0 Å². The summed E-state index contributed by atoms with van der Waals surface area (Å²) in [5.41, 5.74) is 1.21. The minimum atomic E-state index is -0.205. The van der Waals surface area contributed by atoms with Gasteiger partial charge < -0.3 is 5.32 Å². The van der Waals surface area contributed by atoms with Crippen molar-refractivity contribution in [3.05, 3.63) is 28.8 Å². The van der Waals surface area contributed by atoms with Gasteiger partial charge >= 0.3 is 0 Å². The molecule has 0 bridgehead atoms. The zero-order chi connectivity index (χ0) is 15.4. The number of hydrogen-bond acceptors (Lipinski definition) is 3. The van der Waals surface area contributed by atoms with Crippen LogP contribution in [0.3, 0.4) is 0 Å². The fourth-order valence-electron chi connectivity index (χ4n) is 2.37. The number of amides is 1. The first kappa shape index (κ1) is 16.7. The van der Waals surface area contributed by atoms with Crippen LogP contribution in [0.5, 0.6) is 0 Å². The molecule has 1 aliphatic heterocycles. The lowest BCUT2D eigenvalue weighted by atomic mass is 10.0. The molecule has 2 rings (SSSR count). The molecule has 116 valence electrons. The summed E-state index contributed by atoms with van der Waals surface area (Å²) in [6, 6.07) is 6.00. The number of carbonyl (C=O) groups excluding carboxylic acids is 1. The van der Waals surface area contributed by atoms with E-state index in [4.69, 9.17) is 11.6 Å². The highest BCUT2D eigenvalue weighted by atomic mass is 35.5. The van der Waals surface area contributed by atoms with E-state index < -0.39 is 0 Å². The molecule has 0 fully saturated rings. The van der Waals surface area contributed by atoms with Crippen molar-refractivity contribution in [2.24, 2.45) is 5.92 Å². The Balaban J connectivity index is 2.01. The summed E-state index contributed by atoms with van der Waals surface area (Å²) in [4.78, 5) is 13.4. The number of rotatable bonds is 5. The lowest BCUT2D eigenvalue weighted by molar-refractivity contribution is -0.123. The molecule has 5 heteroatoms. The number of thioether (sulfide) groups is 1. The number of nitrogens with one attached hydrogen (secondary N) is 2. The highest BCUT2D eigenvalue weighted by molar-refractivity contribution is 7.99. The fourth-order valence-corrected chi connectivity index (χ4v) is 3.66. The van der Waals surface area contributed by atoms with Gasteiger partial charge in [0.05, 0.1) is 6.04 Å². The quantitative estimate of drug-likeness (QED) is 0.868. The first-order valence-corrected chi connectivity index (χ1v) is 8.79. The largest absolute Gasteiger partial charge is 0.354 e. The van der Waals surface area contributed by atoms with Gasteiger partial charge in [-0.15, -0.1) is 11.8 Å². The lowest BCUT2D eigenvalue weighted by Crippen LogP contribution is -2.45. The van der Waals surface area contributed by atoms with Gasteiger partial charge in [-0.05, 0) is 48.8 Å². The van der Waals surface area contributed by atoms with Crippen molar-refractivity contribution >= 4 is 29.3 Å². The summed E-state index contributed by atoms with van der Waals surface area (Å²) in [6.07, 6.45) is 1.01. The smallest absolute Gasteiger partial charge is 0.236 e. The summed E-state index contributed by atoms with van der Waals surface area (Å²) in [7, 11) is 0. The van der Waals surface area contributed by atoms with E-state index in [1.54, 1.807) is 0 Å². The third-order valence-corrected chi connectivity index (χ3v) is 4.90. The van der Waals surface area contributed by atoms with E-state index in [-0.39, 0.29) is 18.0 Å². The standard InChI is InChI=1S/C16H23ClN2OS/c1-10(2)9-18-16(20)11(3)19-14-6-7-21-15-5-4-12(17)8-13(14)15/h4-5,8,10-11,14,19H,6-7,9H2,1-3H3,(H,18,20). The Kier molecular flexibility index (Phi) is 5.97. The van der Waals surface area contributed by atoms with Gasteiger partial charge in [0.15, 0.2) is 0 Å². The molecule has 0 aromatic heterocycles. The molecule has 0 radical (unpaired) electrons. The molecule has 3 nitrogen and oxygen atoms in total. The Morgan fingerprint density at radius 2 is 2.19 bits per heavy atom. The topological polar surface area (TPSA) is 41.1 Å². The minimum absolute atomic E-state index is 0.0607. The summed E-state index contributed by atoms with van der Waals surface area (Å²) < 4.78 is 0. The zero-order valence-corrected chi connectivity index (χ0v) is 14.4. The van der Waals surface area contributed by atoms with Gasteiger partial charge in [-0.25, -0.2) is 0 Å². The normalized spacial score (nSPS) is 19.2. The highest BCUT2D eigenvalue weighted by Crippen LogP contribution is 2.37. The van der Waals surface area contributed by atoms with E-state index in [0.717, 1.165) is 17.2 Å². The van der Waals surface area contributed by atoms with Crippen LogP contribution in [0, 0.1) is 5.92 Å². The average Bonchev–Trinajstić information content (AvgIpc) is 2.45. The number of benzene rings is 1. The van der Waals surface area contributed by atoms with E-state index in [2.05, 4.69) is 30.5 Å². The van der Waals surface area contributed by atoms with Crippen LogP contribution in [0.25, 0.3) is 0 Å². The van der Waals surface area contributed by atoms with E-state index in [9.17, 15) is 4.79 Å². The van der Waals surface area contributed by atoms with Gasteiger partial charge in [0, 0.05) is 22.5 Å². The molecule has 1 amide bonds. The molecule has 0 spiro atoms. The Morgan fingerprint density at radius 1 is 1.43 bits per heavy atom. The predicted molar refractivity (Wildman–Crippen MR) is 90.0 cm³/mol. The molecule has 0 saturated carbocycles. The lowest BCUT2D eigenvalue weighted by Gasteiger charge is -2.28. The maximum absolute atomic E-state index is 12.1. The zero-order valence-electron chi connectivity index (χ0n) is 12.8. The third-order valence-electron chi connectivity index (χ3n) is 3.54. The second kappa shape index (κ2) is 7.52. The van der Waals surface area contributed by atoms with Crippen LogP contribution < -0.4 is 10.6 Å². The molecule has 2 unspecified atom stereocenters. The van der Waals surface area contributed by atoms with Crippen molar-refractivity contribution in [3.8, 4) is 0 Å². The predicted octanol–water partition coefficient (Wildman–Crippen LogP) is 3.63. The Bertz CT molecular complexity index is 507. The number of hydrogen-bond donors (Lipinski definition) is 2. The van der Waals surface area contributed by atoms with Crippen molar-refractivity contribution in [2.45, 2.75) is 44.2 Å². The monoisotopic (exact) mass is 326 g/mol. The van der Waals surface area contributed by atoms with Crippen LogP contribution >= 0.6 is 23.4 Å². The van der Waals surface area contributed by atoms with Crippen molar-refractivity contribution in [3.63, 3.8) is 0 Å². The van der Waals surface area contributed by atoms with Gasteiger partial charge in [0.2, 0.25) is 5.91 Å². The first-order valence-electron chi connectivity index (χ1n) is 7.43. The van der Waals surface area contributed by atoms with Crippen LogP contribution in [0.15, 0.2) is 23.1 Å². The van der Waals surface area contributed by atoms with E-state index in [0.29, 0.717) is 12.5 Å². The summed E-state index contributed by atoms with van der Waals surface area (Å²) in [5, 5.41) is 7.17. The van der Waals surface area contributed by atoms with Crippen LogP contribution in [0.1, 0.15) is 38.8 Å². The van der Waals surface area contributed by atoms with Crippen molar-refractivity contribution in [2.75, 3.05) is 12.3 Å². The molecular weight excluding hydrogens is 304 g/mol. The third kappa shape index (κ3) is 4.63. The van der Waals surface area contributed by atoms with Crippen LogP contribution in [-0.2, 0) is 4.79 Å². The van der Waals surface area contributed by atoms with Crippen LogP contribution in [0.4, 0.5) is 0 Å². The van der Waals surface area contributed by atoms with Crippen LogP contribution in [-0.4, -0.2) is 24.2 Å². The highest BCUT2D eigenvalue weighted by Gasteiger charge is 2.24. The number of halogens is 1. The molecule has 1 heterocycles. The van der Waals surface area contributed by atoms with E-state index in [1.165, 1.54) is 10.5 Å². The Morgan fingerprint density at radius 3 is 2.90 bits per heavy atom. The summed E-state index contributed by atoms with van der Waals surface area (Å²) in [6.45, 7) is 6.82. The van der Waals surface area contributed by atoms with Gasteiger partial charge in [0.25, 0.3) is 0 Å².